The molecule has 0 aromatic rings. The predicted molar refractivity (Wildman–Crippen MR) is 31.8 cm³/mol. The van der Waals surface area contributed by atoms with Crippen LogP contribution in [0.1, 0.15) is 13.3 Å². The fourth-order valence-electron chi connectivity index (χ4n) is 0.620. The molecule has 0 saturated heterocycles. The predicted octanol–water partition coefficient (Wildman–Crippen LogP) is 2.10. The van der Waals surface area contributed by atoms with E-state index in [1.165, 1.54) is 5.92 Å². The third-order valence-corrected chi connectivity index (χ3v) is 1.07. The summed E-state index contributed by atoms with van der Waals surface area (Å²) in [5, 5.41) is 0. The lowest BCUT2D eigenvalue weighted by Crippen LogP contribution is -1.84. The smallest absolute Gasteiger partial charge is 0.00175 e. The van der Waals surface area contributed by atoms with E-state index >= 15 is 0 Å². The summed E-state index contributed by atoms with van der Waals surface area (Å²) in [5.41, 5.74) is 0. The molecular weight excluding hydrogens is 84.1 g/mol. The van der Waals surface area contributed by atoms with Gasteiger partial charge in [0.05, 0.1) is 0 Å². The van der Waals surface area contributed by atoms with E-state index in [4.69, 9.17) is 0 Å². The maximum absolute atomic E-state index is 2.16. The molecule has 1 aliphatic rings. The molecule has 0 atom stereocenters. The molecule has 0 aromatic heterocycles. The second kappa shape index (κ2) is 1.97. The molecule has 1 rings (SSSR count). The van der Waals surface area contributed by atoms with Crippen molar-refractivity contribution in [1.29, 1.82) is 0 Å². The van der Waals surface area contributed by atoms with Gasteiger partial charge in [-0.15, -0.1) is 0 Å². The van der Waals surface area contributed by atoms with E-state index in [0.717, 1.165) is 6.42 Å². The molecule has 0 unspecified atom stereocenters. The summed E-state index contributed by atoms with van der Waals surface area (Å²) in [6.07, 6.45) is 9.58. The van der Waals surface area contributed by atoms with Crippen molar-refractivity contribution < 1.29 is 0 Å². The Morgan fingerprint density at radius 3 is 2.57 bits per heavy atom. The Labute approximate surface area is 44.5 Å². The topological polar surface area (TPSA) is 0 Å². The lowest BCUT2D eigenvalue weighted by molar-refractivity contribution is 1.06. The van der Waals surface area contributed by atoms with Crippen LogP contribution in [0.3, 0.4) is 0 Å². The minimum atomic E-state index is 1.14. The zero-order valence-corrected chi connectivity index (χ0v) is 4.52. The normalized spacial score (nSPS) is 20.7. The Morgan fingerprint density at radius 2 is 2.29 bits per heavy atom. The van der Waals surface area contributed by atoms with E-state index in [9.17, 15) is 0 Å². The monoisotopic (exact) mass is 93.1 g/mol. The molecule has 7 heavy (non-hydrogen) atoms. The second-order valence-electron chi connectivity index (χ2n) is 1.84. The largest absolute Gasteiger partial charge is 0.0837 e. The van der Waals surface area contributed by atoms with Gasteiger partial charge >= 0.3 is 0 Å². The zero-order valence-electron chi connectivity index (χ0n) is 4.52. The van der Waals surface area contributed by atoms with Crippen LogP contribution >= 0.6 is 0 Å². The molecule has 0 heteroatoms. The summed E-state index contributed by atoms with van der Waals surface area (Å²) < 4.78 is 0. The van der Waals surface area contributed by atoms with Crippen molar-refractivity contribution >= 4 is 0 Å². The van der Waals surface area contributed by atoms with Crippen LogP contribution in [0.4, 0.5) is 0 Å². The summed E-state index contributed by atoms with van der Waals surface area (Å²) in [6.45, 7) is 2.14. The standard InChI is InChI=1S/C7H9/c1-7-5-3-2-4-6-7/h2-5H,6H2,1H3. The summed E-state index contributed by atoms with van der Waals surface area (Å²) in [6, 6.07) is 0. The number of hydrogen-bond acceptors (Lipinski definition) is 0. The minimum Gasteiger partial charge on any atom is -0.0837 e. The molecule has 1 radical (unpaired) electrons. The van der Waals surface area contributed by atoms with Gasteiger partial charge in [-0.1, -0.05) is 31.2 Å². The molecule has 0 saturated carbocycles. The highest BCUT2D eigenvalue weighted by Gasteiger charge is 1.94. The van der Waals surface area contributed by atoms with Gasteiger partial charge in [0.2, 0.25) is 0 Å². The van der Waals surface area contributed by atoms with Crippen LogP contribution in [0.5, 0.6) is 0 Å². The summed E-state index contributed by atoms with van der Waals surface area (Å²) in [4.78, 5) is 0. The average Bonchev–Trinajstić information content (AvgIpc) is 1.69. The van der Waals surface area contributed by atoms with Crippen molar-refractivity contribution in [3.8, 4) is 0 Å². The molecule has 0 bridgehead atoms. The van der Waals surface area contributed by atoms with Crippen LogP contribution in [-0.2, 0) is 0 Å². The van der Waals surface area contributed by atoms with Crippen LogP contribution in [0.2, 0.25) is 0 Å². The Balaban J connectivity index is 2.49. The molecule has 37 valence electrons. The van der Waals surface area contributed by atoms with Crippen LogP contribution < -0.4 is 0 Å². The van der Waals surface area contributed by atoms with Gasteiger partial charge in [0, 0.05) is 0 Å². The van der Waals surface area contributed by atoms with Crippen LogP contribution in [0.15, 0.2) is 24.3 Å². The van der Waals surface area contributed by atoms with Crippen molar-refractivity contribution in [3.05, 3.63) is 30.2 Å². The first-order valence-electron chi connectivity index (χ1n) is 2.55. The summed E-state index contributed by atoms with van der Waals surface area (Å²) in [7, 11) is 0. The third kappa shape index (κ3) is 1.19. The van der Waals surface area contributed by atoms with Crippen molar-refractivity contribution in [2.45, 2.75) is 13.3 Å². The minimum absolute atomic E-state index is 1.14. The quantitative estimate of drug-likeness (QED) is 0.430. The van der Waals surface area contributed by atoms with Gasteiger partial charge in [-0.25, -0.2) is 0 Å². The first-order chi connectivity index (χ1) is 3.39. The molecule has 0 aliphatic heterocycles. The van der Waals surface area contributed by atoms with E-state index < -0.39 is 0 Å². The van der Waals surface area contributed by atoms with Crippen LogP contribution in [-0.4, -0.2) is 0 Å². The maximum atomic E-state index is 2.16. The van der Waals surface area contributed by atoms with Gasteiger partial charge in [-0.2, -0.15) is 0 Å². The van der Waals surface area contributed by atoms with E-state index in [0.29, 0.717) is 0 Å². The molecule has 0 N–H and O–H groups in total. The van der Waals surface area contributed by atoms with Gasteiger partial charge in [0.1, 0.15) is 0 Å². The zero-order chi connectivity index (χ0) is 5.11. The first-order valence-corrected chi connectivity index (χ1v) is 2.55. The van der Waals surface area contributed by atoms with Crippen LogP contribution in [0.25, 0.3) is 0 Å². The molecule has 0 spiro atoms. The van der Waals surface area contributed by atoms with Gasteiger partial charge in [-0.3, -0.25) is 0 Å². The fraction of sp³-hybridized carbons (Fsp3) is 0.286. The lowest BCUT2D eigenvalue weighted by Gasteiger charge is -2.01. The van der Waals surface area contributed by atoms with Crippen molar-refractivity contribution in [2.75, 3.05) is 0 Å². The molecule has 0 heterocycles. The highest BCUT2D eigenvalue weighted by molar-refractivity contribution is 5.21. The van der Waals surface area contributed by atoms with Crippen molar-refractivity contribution in [1.82, 2.24) is 0 Å². The molecule has 0 aromatic carbocycles. The van der Waals surface area contributed by atoms with Crippen LogP contribution in [0, 0.1) is 5.92 Å². The van der Waals surface area contributed by atoms with E-state index in [1.54, 1.807) is 0 Å². The lowest BCUT2D eigenvalue weighted by atomic mass is 10.0. The average molecular weight is 93.1 g/mol. The van der Waals surface area contributed by atoms with Gasteiger partial charge in [0.15, 0.2) is 0 Å². The highest BCUT2D eigenvalue weighted by Crippen LogP contribution is 2.10. The Bertz CT molecular complexity index is 98.6. The fourth-order valence-corrected chi connectivity index (χ4v) is 0.620. The SMILES string of the molecule is C[C]1C=CC=CC1. The number of allylic oxidation sites excluding steroid dienone is 4. The highest BCUT2D eigenvalue weighted by atomic mass is 14.0. The van der Waals surface area contributed by atoms with E-state index in [2.05, 4.69) is 31.2 Å². The molecule has 0 amide bonds. The summed E-state index contributed by atoms with van der Waals surface area (Å²) in [5.74, 6) is 1.45. The third-order valence-electron chi connectivity index (χ3n) is 1.07. The Hall–Kier alpha value is -0.520. The second-order valence-corrected chi connectivity index (χ2v) is 1.84. The first kappa shape index (κ1) is 4.63. The van der Waals surface area contributed by atoms with Crippen molar-refractivity contribution in [3.63, 3.8) is 0 Å². The number of rotatable bonds is 0. The Morgan fingerprint density at radius 1 is 1.43 bits per heavy atom. The van der Waals surface area contributed by atoms with Gasteiger partial charge in [-0.05, 0) is 12.3 Å². The number of hydrogen-bond donors (Lipinski definition) is 0. The molecular formula is C7H9. The van der Waals surface area contributed by atoms with E-state index in [-0.39, 0.29) is 0 Å². The van der Waals surface area contributed by atoms with Gasteiger partial charge < -0.3 is 0 Å². The molecule has 0 nitrogen and oxygen atoms in total. The Kier molecular flexibility index (Phi) is 1.30. The van der Waals surface area contributed by atoms with Gasteiger partial charge in [0.25, 0.3) is 0 Å². The maximum Gasteiger partial charge on any atom is -0.00175 e. The van der Waals surface area contributed by atoms with Crippen molar-refractivity contribution in [2.24, 2.45) is 0 Å². The summed E-state index contributed by atoms with van der Waals surface area (Å²) >= 11 is 0. The van der Waals surface area contributed by atoms with E-state index in [1.807, 2.05) is 0 Å². The molecule has 1 aliphatic carbocycles. The molecule has 0 fully saturated rings.